The van der Waals surface area contributed by atoms with E-state index < -0.39 is 0 Å². The van der Waals surface area contributed by atoms with Gasteiger partial charge in [-0.2, -0.15) is 4.98 Å². The average Bonchev–Trinajstić information content (AvgIpc) is 2.49. The molecular weight excluding hydrogens is 347 g/mol. The summed E-state index contributed by atoms with van der Waals surface area (Å²) >= 11 is 0. The van der Waals surface area contributed by atoms with Crippen LogP contribution in [-0.4, -0.2) is 27.5 Å². The van der Waals surface area contributed by atoms with Crippen molar-refractivity contribution >= 4 is 36.6 Å². The number of pyridine rings is 1. The first kappa shape index (κ1) is 20.4. The zero-order valence-electron chi connectivity index (χ0n) is 13.4. The van der Waals surface area contributed by atoms with Crippen molar-refractivity contribution in [2.75, 3.05) is 17.6 Å². The highest BCUT2D eigenvalue weighted by atomic mass is 35.5. The third kappa shape index (κ3) is 5.47. The Morgan fingerprint density at radius 1 is 1.12 bits per heavy atom. The number of hydrogen-bond acceptors (Lipinski definition) is 6. The van der Waals surface area contributed by atoms with E-state index in [0.29, 0.717) is 17.9 Å². The van der Waals surface area contributed by atoms with Gasteiger partial charge in [0.05, 0.1) is 5.69 Å². The number of nitrogens with zero attached hydrogens (tertiary/aromatic N) is 3. The van der Waals surface area contributed by atoms with Crippen molar-refractivity contribution in [1.29, 1.82) is 0 Å². The van der Waals surface area contributed by atoms with Crippen LogP contribution in [0.5, 0.6) is 0 Å². The standard InChI is InChI=1S/C16H22N6.2ClH/c17-13-8-12(9-13)14-10-15(22-16(18)21-14)20-5-1-2-11-3-6-19-7-4-11;;/h3-4,6-7,10,12-13H,1-2,5,8-9,17H2,(H3,18,20,21,22);2*1H. The smallest absolute Gasteiger partial charge is 0.222 e. The van der Waals surface area contributed by atoms with Crippen LogP contribution in [0.15, 0.2) is 30.6 Å². The van der Waals surface area contributed by atoms with E-state index in [1.807, 2.05) is 30.6 Å². The molecule has 0 unspecified atom stereocenters. The first-order chi connectivity index (χ1) is 10.7. The fourth-order valence-corrected chi connectivity index (χ4v) is 2.75. The van der Waals surface area contributed by atoms with Crippen LogP contribution in [0.3, 0.4) is 0 Å². The van der Waals surface area contributed by atoms with Gasteiger partial charge in [0.25, 0.3) is 0 Å². The number of anilines is 2. The number of halogens is 2. The summed E-state index contributed by atoms with van der Waals surface area (Å²) in [6.45, 7) is 0.850. The summed E-state index contributed by atoms with van der Waals surface area (Å²) in [6.07, 6.45) is 7.65. The van der Waals surface area contributed by atoms with Crippen LogP contribution in [0.1, 0.15) is 36.4 Å². The second-order valence-corrected chi connectivity index (χ2v) is 5.85. The quantitative estimate of drug-likeness (QED) is 0.675. The third-order valence-corrected chi connectivity index (χ3v) is 4.05. The summed E-state index contributed by atoms with van der Waals surface area (Å²) in [5, 5.41) is 3.33. The van der Waals surface area contributed by atoms with E-state index in [-0.39, 0.29) is 24.8 Å². The lowest BCUT2D eigenvalue weighted by molar-refractivity contribution is 0.345. The molecule has 0 atom stereocenters. The molecule has 0 spiro atoms. The Hall–Kier alpha value is -1.63. The molecule has 0 amide bonds. The topological polar surface area (TPSA) is 103 Å². The van der Waals surface area contributed by atoms with Crippen molar-refractivity contribution < 1.29 is 0 Å². The zero-order chi connectivity index (χ0) is 15.4. The van der Waals surface area contributed by atoms with E-state index in [1.165, 1.54) is 5.56 Å². The summed E-state index contributed by atoms with van der Waals surface area (Å²) in [6, 6.07) is 6.39. The van der Waals surface area contributed by atoms with Gasteiger partial charge in [-0.25, -0.2) is 4.98 Å². The lowest BCUT2D eigenvalue weighted by Gasteiger charge is -2.32. The molecule has 2 heterocycles. The van der Waals surface area contributed by atoms with Crippen LogP contribution in [0.4, 0.5) is 11.8 Å². The highest BCUT2D eigenvalue weighted by Crippen LogP contribution is 2.35. The Morgan fingerprint density at radius 2 is 1.83 bits per heavy atom. The van der Waals surface area contributed by atoms with Gasteiger partial charge in [0, 0.05) is 37.0 Å². The predicted octanol–water partition coefficient (Wildman–Crippen LogP) is 2.55. The monoisotopic (exact) mass is 370 g/mol. The van der Waals surface area contributed by atoms with Gasteiger partial charge >= 0.3 is 0 Å². The van der Waals surface area contributed by atoms with Crippen LogP contribution in [0.2, 0.25) is 0 Å². The molecule has 0 bridgehead atoms. The molecule has 24 heavy (non-hydrogen) atoms. The molecular formula is C16H24Cl2N6. The second kappa shape index (κ2) is 9.61. The summed E-state index contributed by atoms with van der Waals surface area (Å²) in [4.78, 5) is 12.6. The highest BCUT2D eigenvalue weighted by molar-refractivity contribution is 5.85. The Morgan fingerprint density at radius 3 is 2.50 bits per heavy atom. The van der Waals surface area contributed by atoms with Crippen molar-refractivity contribution in [3.8, 4) is 0 Å². The van der Waals surface area contributed by atoms with Crippen molar-refractivity contribution in [1.82, 2.24) is 15.0 Å². The van der Waals surface area contributed by atoms with Crippen molar-refractivity contribution in [3.63, 3.8) is 0 Å². The number of nitrogens with two attached hydrogens (primary N) is 2. The zero-order valence-corrected chi connectivity index (χ0v) is 15.0. The average molecular weight is 371 g/mol. The van der Waals surface area contributed by atoms with Gasteiger partial charge in [0.1, 0.15) is 5.82 Å². The maximum atomic E-state index is 5.84. The largest absolute Gasteiger partial charge is 0.370 e. The van der Waals surface area contributed by atoms with Crippen LogP contribution in [-0.2, 0) is 6.42 Å². The fourth-order valence-electron chi connectivity index (χ4n) is 2.75. The van der Waals surface area contributed by atoms with E-state index in [1.54, 1.807) is 0 Å². The lowest BCUT2D eigenvalue weighted by atomic mass is 9.78. The Bertz CT molecular complexity index is 619. The lowest BCUT2D eigenvalue weighted by Crippen LogP contribution is -2.35. The van der Waals surface area contributed by atoms with E-state index in [9.17, 15) is 0 Å². The summed E-state index contributed by atoms with van der Waals surface area (Å²) in [5.74, 6) is 1.56. The van der Waals surface area contributed by atoms with E-state index in [0.717, 1.165) is 43.7 Å². The molecule has 1 saturated carbocycles. The summed E-state index contributed by atoms with van der Waals surface area (Å²) in [5.41, 5.74) is 13.9. The van der Waals surface area contributed by atoms with Gasteiger partial charge in [0.2, 0.25) is 5.95 Å². The predicted molar refractivity (Wildman–Crippen MR) is 102 cm³/mol. The minimum atomic E-state index is 0. The van der Waals surface area contributed by atoms with Crippen LogP contribution < -0.4 is 16.8 Å². The van der Waals surface area contributed by atoms with E-state index >= 15 is 0 Å². The summed E-state index contributed by atoms with van der Waals surface area (Å²) in [7, 11) is 0. The maximum absolute atomic E-state index is 5.84. The minimum absolute atomic E-state index is 0. The van der Waals surface area contributed by atoms with Gasteiger partial charge in [0.15, 0.2) is 0 Å². The molecule has 0 aliphatic heterocycles. The maximum Gasteiger partial charge on any atom is 0.222 e. The van der Waals surface area contributed by atoms with Crippen molar-refractivity contribution in [2.24, 2.45) is 5.73 Å². The van der Waals surface area contributed by atoms with Gasteiger partial charge < -0.3 is 16.8 Å². The van der Waals surface area contributed by atoms with E-state index in [2.05, 4.69) is 20.3 Å². The molecule has 0 saturated heterocycles. The number of rotatable bonds is 6. The molecule has 1 fully saturated rings. The van der Waals surface area contributed by atoms with Gasteiger partial charge in [-0.1, -0.05) is 0 Å². The first-order valence-electron chi connectivity index (χ1n) is 7.73. The van der Waals surface area contributed by atoms with Gasteiger partial charge in [-0.15, -0.1) is 24.8 Å². The fraction of sp³-hybridized carbons (Fsp3) is 0.438. The SMILES string of the molecule is Cl.Cl.Nc1nc(NCCCc2ccncc2)cc(C2CC(N)C2)n1. The molecule has 132 valence electrons. The highest BCUT2D eigenvalue weighted by Gasteiger charge is 2.28. The molecule has 0 aromatic carbocycles. The molecule has 5 N–H and O–H groups in total. The number of aryl methyl sites for hydroxylation is 1. The van der Waals surface area contributed by atoms with Crippen molar-refractivity contribution in [2.45, 2.75) is 37.6 Å². The number of aromatic nitrogens is 3. The minimum Gasteiger partial charge on any atom is -0.370 e. The number of nitrogens with one attached hydrogen (secondary N) is 1. The molecule has 2 aromatic rings. The molecule has 3 rings (SSSR count). The Labute approximate surface area is 154 Å². The van der Waals surface area contributed by atoms with Crippen LogP contribution in [0.25, 0.3) is 0 Å². The van der Waals surface area contributed by atoms with E-state index in [4.69, 9.17) is 11.5 Å². The molecule has 8 heteroatoms. The molecule has 0 radical (unpaired) electrons. The first-order valence-corrected chi connectivity index (χ1v) is 7.73. The molecule has 6 nitrogen and oxygen atoms in total. The number of nitrogen functional groups attached to an aromatic ring is 1. The van der Waals surface area contributed by atoms with Crippen LogP contribution in [0, 0.1) is 0 Å². The Balaban J connectivity index is 0.00000144. The van der Waals surface area contributed by atoms with Gasteiger partial charge in [-0.05, 0) is 43.4 Å². The van der Waals surface area contributed by atoms with Crippen molar-refractivity contribution in [3.05, 3.63) is 41.9 Å². The second-order valence-electron chi connectivity index (χ2n) is 5.85. The Kier molecular flexibility index (Phi) is 8.18. The molecule has 2 aromatic heterocycles. The van der Waals surface area contributed by atoms with Crippen LogP contribution >= 0.6 is 24.8 Å². The normalized spacial score (nSPS) is 18.7. The molecule has 1 aliphatic carbocycles. The number of hydrogen-bond donors (Lipinski definition) is 3. The molecule has 1 aliphatic rings. The van der Waals surface area contributed by atoms with Gasteiger partial charge in [-0.3, -0.25) is 4.98 Å². The summed E-state index contributed by atoms with van der Waals surface area (Å²) < 4.78 is 0. The third-order valence-electron chi connectivity index (χ3n) is 4.05.